The fraction of sp³-hybridized carbons (Fsp3) is 0.333. The van der Waals surface area contributed by atoms with Crippen LogP contribution >= 0.6 is 23.1 Å². The Morgan fingerprint density at radius 2 is 1.94 bits per heavy atom. The third-order valence-corrected chi connectivity index (χ3v) is 7.10. The number of hydrogen-bond acceptors (Lipinski definition) is 7. The number of piperazine rings is 1. The SMILES string of the molecule is CC(=O)c1ccc(N2CCN(C(=O)CSc3nnc(-c4cccs4)n3C)CC2)c(F)c1. The molecule has 1 fully saturated rings. The molecule has 4 rings (SSSR count). The highest BCUT2D eigenvalue weighted by Gasteiger charge is 2.24. The highest BCUT2D eigenvalue weighted by molar-refractivity contribution is 7.99. The zero-order valence-electron chi connectivity index (χ0n) is 17.2. The molecule has 31 heavy (non-hydrogen) atoms. The summed E-state index contributed by atoms with van der Waals surface area (Å²) < 4.78 is 16.3. The molecule has 0 N–H and O–H groups in total. The first-order valence-electron chi connectivity index (χ1n) is 9.83. The quantitative estimate of drug-likeness (QED) is 0.416. The molecule has 2 aromatic heterocycles. The number of amides is 1. The Morgan fingerprint density at radius 1 is 1.16 bits per heavy atom. The Bertz CT molecular complexity index is 1090. The lowest BCUT2D eigenvalue weighted by atomic mass is 10.1. The number of thiophene rings is 1. The number of carbonyl (C=O) groups excluding carboxylic acids is 2. The van der Waals surface area contributed by atoms with Crippen LogP contribution in [0.5, 0.6) is 0 Å². The van der Waals surface area contributed by atoms with Gasteiger partial charge in [0.2, 0.25) is 5.91 Å². The van der Waals surface area contributed by atoms with Crippen molar-refractivity contribution in [2.45, 2.75) is 12.1 Å². The lowest BCUT2D eigenvalue weighted by molar-refractivity contribution is -0.128. The maximum Gasteiger partial charge on any atom is 0.233 e. The van der Waals surface area contributed by atoms with E-state index in [2.05, 4.69) is 10.2 Å². The van der Waals surface area contributed by atoms with Crippen molar-refractivity contribution in [1.29, 1.82) is 0 Å². The minimum absolute atomic E-state index is 0.0257. The molecule has 1 aliphatic heterocycles. The number of hydrogen-bond donors (Lipinski definition) is 0. The van der Waals surface area contributed by atoms with Crippen LogP contribution in [0.25, 0.3) is 10.7 Å². The van der Waals surface area contributed by atoms with Crippen LogP contribution in [0.3, 0.4) is 0 Å². The summed E-state index contributed by atoms with van der Waals surface area (Å²) in [6, 6.07) is 8.51. The smallest absolute Gasteiger partial charge is 0.233 e. The molecule has 10 heteroatoms. The molecule has 0 saturated carbocycles. The number of rotatable bonds is 6. The monoisotopic (exact) mass is 459 g/mol. The molecule has 0 atom stereocenters. The van der Waals surface area contributed by atoms with Gasteiger partial charge in [-0.15, -0.1) is 21.5 Å². The first-order chi connectivity index (χ1) is 14.9. The van der Waals surface area contributed by atoms with Gasteiger partial charge in [0.1, 0.15) is 5.82 Å². The summed E-state index contributed by atoms with van der Waals surface area (Å²) in [5, 5.41) is 11.1. The molecule has 0 aliphatic carbocycles. The van der Waals surface area contributed by atoms with Crippen molar-refractivity contribution < 1.29 is 14.0 Å². The number of ketones is 1. The highest BCUT2D eigenvalue weighted by Crippen LogP contribution is 2.26. The number of anilines is 1. The van der Waals surface area contributed by atoms with Gasteiger partial charge in [0.15, 0.2) is 16.8 Å². The molecule has 7 nitrogen and oxygen atoms in total. The van der Waals surface area contributed by atoms with E-state index in [4.69, 9.17) is 0 Å². The molecule has 1 aliphatic rings. The van der Waals surface area contributed by atoms with E-state index < -0.39 is 5.82 Å². The van der Waals surface area contributed by atoms with E-state index in [0.29, 0.717) is 42.6 Å². The summed E-state index contributed by atoms with van der Waals surface area (Å²) in [6.07, 6.45) is 0. The number of nitrogens with zero attached hydrogens (tertiary/aromatic N) is 5. The third-order valence-electron chi connectivity index (χ3n) is 5.23. The Morgan fingerprint density at radius 3 is 2.58 bits per heavy atom. The summed E-state index contributed by atoms with van der Waals surface area (Å²) in [5.74, 6) is 0.516. The Labute approximate surface area is 187 Å². The summed E-state index contributed by atoms with van der Waals surface area (Å²) in [5.41, 5.74) is 0.824. The van der Waals surface area contributed by atoms with Crippen LogP contribution in [0.15, 0.2) is 40.9 Å². The standard InChI is InChI=1S/C21H22FN5O2S2/c1-14(28)15-5-6-17(16(22)12-15)26-7-9-27(10-8-26)19(29)13-31-21-24-23-20(25(21)2)18-4-3-11-30-18/h3-6,11-12H,7-10,13H2,1-2H3. The van der Waals surface area contributed by atoms with E-state index in [1.807, 2.05) is 34.0 Å². The summed E-state index contributed by atoms with van der Waals surface area (Å²) in [6.45, 7) is 3.54. The molecule has 3 heterocycles. The minimum Gasteiger partial charge on any atom is -0.366 e. The van der Waals surface area contributed by atoms with Gasteiger partial charge in [-0.25, -0.2) is 4.39 Å². The number of benzene rings is 1. The number of halogens is 1. The van der Waals surface area contributed by atoms with E-state index in [1.165, 1.54) is 24.8 Å². The van der Waals surface area contributed by atoms with Gasteiger partial charge in [-0.1, -0.05) is 17.8 Å². The normalized spacial score (nSPS) is 14.2. The minimum atomic E-state index is -0.410. The molecule has 162 valence electrons. The molecule has 3 aromatic rings. The lowest BCUT2D eigenvalue weighted by Gasteiger charge is -2.36. The fourth-order valence-electron chi connectivity index (χ4n) is 3.46. The van der Waals surface area contributed by atoms with E-state index in [-0.39, 0.29) is 17.4 Å². The van der Waals surface area contributed by atoms with Crippen LogP contribution in [-0.4, -0.2) is 63.3 Å². The summed E-state index contributed by atoms with van der Waals surface area (Å²) in [7, 11) is 1.90. The molecule has 1 saturated heterocycles. The third kappa shape index (κ3) is 4.64. The Kier molecular flexibility index (Phi) is 6.38. The van der Waals surface area contributed by atoms with Crippen molar-refractivity contribution in [3.05, 3.63) is 47.1 Å². The van der Waals surface area contributed by atoms with Gasteiger partial charge in [0.05, 0.1) is 16.3 Å². The number of carbonyl (C=O) groups is 2. The van der Waals surface area contributed by atoms with E-state index >= 15 is 0 Å². The van der Waals surface area contributed by atoms with E-state index in [9.17, 15) is 14.0 Å². The van der Waals surface area contributed by atoms with Crippen molar-refractivity contribution in [1.82, 2.24) is 19.7 Å². The van der Waals surface area contributed by atoms with Crippen LogP contribution in [-0.2, 0) is 11.8 Å². The number of aromatic nitrogens is 3. The van der Waals surface area contributed by atoms with Crippen LogP contribution in [0.4, 0.5) is 10.1 Å². The van der Waals surface area contributed by atoms with Crippen LogP contribution in [0.2, 0.25) is 0 Å². The Balaban J connectivity index is 1.31. The van der Waals surface area contributed by atoms with Crippen molar-refractivity contribution in [3.8, 4) is 10.7 Å². The van der Waals surface area contributed by atoms with Gasteiger partial charge >= 0.3 is 0 Å². The van der Waals surface area contributed by atoms with Gasteiger partial charge in [0, 0.05) is 38.8 Å². The van der Waals surface area contributed by atoms with Crippen LogP contribution in [0, 0.1) is 5.82 Å². The topological polar surface area (TPSA) is 71.3 Å². The second-order valence-electron chi connectivity index (χ2n) is 7.22. The average molecular weight is 460 g/mol. The van der Waals surface area contributed by atoms with Gasteiger partial charge < -0.3 is 14.4 Å². The lowest BCUT2D eigenvalue weighted by Crippen LogP contribution is -2.49. The van der Waals surface area contributed by atoms with Crippen molar-refractivity contribution in [2.24, 2.45) is 7.05 Å². The zero-order chi connectivity index (χ0) is 22.0. The van der Waals surface area contributed by atoms with E-state index in [0.717, 1.165) is 10.7 Å². The first kappa shape index (κ1) is 21.5. The molecular weight excluding hydrogens is 437 g/mol. The molecule has 0 unspecified atom stereocenters. The van der Waals surface area contributed by atoms with Crippen molar-refractivity contribution in [2.75, 3.05) is 36.8 Å². The fourth-order valence-corrected chi connectivity index (χ4v) is 5.02. The zero-order valence-corrected chi connectivity index (χ0v) is 18.9. The second-order valence-corrected chi connectivity index (χ2v) is 9.11. The second kappa shape index (κ2) is 9.19. The molecule has 0 bridgehead atoms. The summed E-state index contributed by atoms with van der Waals surface area (Å²) in [4.78, 5) is 28.8. The molecule has 0 radical (unpaired) electrons. The molecule has 1 amide bonds. The van der Waals surface area contributed by atoms with Gasteiger partial charge in [-0.05, 0) is 36.6 Å². The number of thioether (sulfide) groups is 1. The molecule has 1 aromatic carbocycles. The van der Waals surface area contributed by atoms with Gasteiger partial charge in [0.25, 0.3) is 0 Å². The largest absolute Gasteiger partial charge is 0.366 e. The van der Waals surface area contributed by atoms with Gasteiger partial charge in [-0.2, -0.15) is 0 Å². The maximum atomic E-state index is 14.4. The van der Waals surface area contributed by atoms with E-state index in [1.54, 1.807) is 28.4 Å². The van der Waals surface area contributed by atoms with Crippen molar-refractivity contribution in [3.63, 3.8) is 0 Å². The predicted octanol–water partition coefficient (Wildman–Crippen LogP) is 3.33. The van der Waals surface area contributed by atoms with Crippen LogP contribution < -0.4 is 4.90 Å². The molecular formula is C21H22FN5O2S2. The highest BCUT2D eigenvalue weighted by atomic mass is 32.2. The Hall–Kier alpha value is -2.72. The maximum absolute atomic E-state index is 14.4. The first-order valence-corrected chi connectivity index (χ1v) is 11.7. The van der Waals surface area contributed by atoms with Crippen molar-refractivity contribution >= 4 is 40.5 Å². The average Bonchev–Trinajstić information content (AvgIpc) is 3.42. The predicted molar refractivity (Wildman–Crippen MR) is 120 cm³/mol. The number of Topliss-reactive ketones (excluding diaryl/α,β-unsaturated/α-hetero) is 1. The molecule has 0 spiro atoms. The summed E-state index contributed by atoms with van der Waals surface area (Å²) >= 11 is 2.96. The van der Waals surface area contributed by atoms with Crippen LogP contribution in [0.1, 0.15) is 17.3 Å². The van der Waals surface area contributed by atoms with Gasteiger partial charge in [-0.3, -0.25) is 9.59 Å².